The third-order valence-corrected chi connectivity index (χ3v) is 7.63. The fourth-order valence-corrected chi connectivity index (χ4v) is 5.85. The summed E-state index contributed by atoms with van der Waals surface area (Å²) in [5, 5.41) is 2.66. The number of hydrogen-bond donors (Lipinski definition) is 0. The summed E-state index contributed by atoms with van der Waals surface area (Å²) in [6.45, 7) is 11.4. The van der Waals surface area contributed by atoms with Crippen LogP contribution in [0.3, 0.4) is 0 Å². The van der Waals surface area contributed by atoms with Crippen LogP contribution < -0.4 is 4.57 Å². The average molecular weight is 418 g/mol. The molecule has 0 amide bonds. The van der Waals surface area contributed by atoms with Gasteiger partial charge in [0.25, 0.3) is 5.82 Å². The summed E-state index contributed by atoms with van der Waals surface area (Å²) >= 11 is 0. The predicted octanol–water partition coefficient (Wildman–Crippen LogP) is 6.84. The highest BCUT2D eigenvalue weighted by atomic mass is 15.1. The number of nitrogens with zero attached hydrogens (tertiary/aromatic N) is 2. The quantitative estimate of drug-likeness (QED) is 0.264. The Labute approximate surface area is 189 Å². The first-order valence-electron chi connectivity index (χ1n) is 11.4. The lowest BCUT2D eigenvalue weighted by molar-refractivity contribution is -0.665. The van der Waals surface area contributed by atoms with Gasteiger partial charge in [-0.15, -0.1) is 0 Å². The van der Waals surface area contributed by atoms with Crippen molar-refractivity contribution in [2.75, 3.05) is 0 Å². The number of aryl methyl sites for hydroxylation is 4. The number of benzene rings is 3. The van der Waals surface area contributed by atoms with Crippen LogP contribution in [0.25, 0.3) is 38.8 Å². The normalized spacial score (nSPS) is 14.2. The minimum atomic E-state index is -0.0778. The van der Waals surface area contributed by atoms with Crippen molar-refractivity contribution in [1.82, 2.24) is 4.57 Å². The molecular weight excluding hydrogens is 388 g/mol. The molecule has 0 fully saturated rings. The molecule has 0 spiro atoms. The molecule has 0 unspecified atom stereocenters. The molecule has 158 valence electrons. The van der Waals surface area contributed by atoms with Gasteiger partial charge in [-0.1, -0.05) is 55.8 Å². The maximum absolute atomic E-state index is 2.53. The summed E-state index contributed by atoms with van der Waals surface area (Å²) in [7, 11) is 2.19. The fraction of sp³-hybridized carbons (Fsp3) is 0.233. The number of hydrogen-bond acceptors (Lipinski definition) is 0. The molecule has 0 bridgehead atoms. The molecule has 0 saturated heterocycles. The molecule has 1 aliphatic rings. The third kappa shape index (κ3) is 2.33. The van der Waals surface area contributed by atoms with Gasteiger partial charge in [0, 0.05) is 16.2 Å². The molecule has 0 saturated carbocycles. The molecule has 2 heterocycles. The van der Waals surface area contributed by atoms with E-state index in [4.69, 9.17) is 0 Å². The summed E-state index contributed by atoms with van der Waals surface area (Å²) < 4.78 is 4.84. The largest absolute Gasteiger partial charge is 0.291 e. The van der Waals surface area contributed by atoms with Crippen LogP contribution in [-0.2, 0) is 12.5 Å². The van der Waals surface area contributed by atoms with Crippen molar-refractivity contribution in [1.29, 1.82) is 0 Å². The first-order valence-corrected chi connectivity index (χ1v) is 11.4. The van der Waals surface area contributed by atoms with Crippen LogP contribution in [0.4, 0.5) is 0 Å². The van der Waals surface area contributed by atoms with Gasteiger partial charge in [-0.05, 0) is 72.9 Å². The van der Waals surface area contributed by atoms with Crippen LogP contribution in [0.15, 0.2) is 66.9 Å². The minimum Gasteiger partial charge on any atom is -0.236 e. The standard InChI is InChI=1S/C30H29N2/c1-18-11-14-26-24(17-18)23-13-12-19(2)20(3)28(23)32(26)29-27-22(15-16-31(29)6)21-9-7-8-10-25(21)30(27,4)5/h7-17H,1-6H3/q+1. The van der Waals surface area contributed by atoms with Crippen LogP contribution in [0.2, 0.25) is 0 Å². The third-order valence-electron chi connectivity index (χ3n) is 7.63. The Bertz CT molecular complexity index is 1580. The minimum absolute atomic E-state index is 0.0778. The van der Waals surface area contributed by atoms with Crippen LogP contribution in [0.1, 0.15) is 41.7 Å². The van der Waals surface area contributed by atoms with Crippen molar-refractivity contribution < 1.29 is 4.57 Å². The Hall–Kier alpha value is -3.39. The molecule has 2 heteroatoms. The number of fused-ring (bicyclic) bond motifs is 6. The molecule has 6 rings (SSSR count). The van der Waals surface area contributed by atoms with Crippen molar-refractivity contribution in [3.05, 3.63) is 94.7 Å². The average Bonchev–Trinajstić information content (AvgIpc) is 3.21. The van der Waals surface area contributed by atoms with E-state index in [0.29, 0.717) is 0 Å². The highest BCUT2D eigenvalue weighted by molar-refractivity contribution is 6.10. The molecule has 0 radical (unpaired) electrons. The Balaban J connectivity index is 1.85. The van der Waals surface area contributed by atoms with Gasteiger partial charge in [0.2, 0.25) is 0 Å². The lowest BCUT2D eigenvalue weighted by Gasteiger charge is -2.22. The van der Waals surface area contributed by atoms with E-state index >= 15 is 0 Å². The van der Waals surface area contributed by atoms with Crippen molar-refractivity contribution in [3.8, 4) is 16.9 Å². The zero-order chi connectivity index (χ0) is 22.4. The van der Waals surface area contributed by atoms with E-state index in [2.05, 4.69) is 118 Å². The Morgan fingerprint density at radius 3 is 2.41 bits per heavy atom. The number of pyridine rings is 1. The van der Waals surface area contributed by atoms with Crippen LogP contribution in [0.5, 0.6) is 0 Å². The van der Waals surface area contributed by atoms with Crippen molar-refractivity contribution in [3.63, 3.8) is 0 Å². The van der Waals surface area contributed by atoms with Crippen LogP contribution in [0, 0.1) is 20.8 Å². The molecule has 1 aliphatic carbocycles. The molecule has 0 N–H and O–H groups in total. The van der Waals surface area contributed by atoms with Crippen molar-refractivity contribution in [2.45, 2.75) is 40.0 Å². The predicted molar refractivity (Wildman–Crippen MR) is 134 cm³/mol. The van der Waals surface area contributed by atoms with Gasteiger partial charge >= 0.3 is 0 Å². The molecule has 2 aromatic heterocycles. The monoisotopic (exact) mass is 417 g/mol. The van der Waals surface area contributed by atoms with Crippen molar-refractivity contribution >= 4 is 21.8 Å². The zero-order valence-electron chi connectivity index (χ0n) is 19.7. The first kappa shape index (κ1) is 19.3. The lowest BCUT2D eigenvalue weighted by atomic mass is 9.82. The summed E-state index contributed by atoms with van der Waals surface area (Å²) in [5.41, 5.74) is 12.0. The van der Waals surface area contributed by atoms with Crippen molar-refractivity contribution in [2.24, 2.45) is 7.05 Å². The summed E-state index contributed by atoms with van der Waals surface area (Å²) in [4.78, 5) is 0. The van der Waals surface area contributed by atoms with E-state index < -0.39 is 0 Å². The van der Waals surface area contributed by atoms with Gasteiger partial charge in [0.1, 0.15) is 11.0 Å². The summed E-state index contributed by atoms with van der Waals surface area (Å²) in [6.07, 6.45) is 2.23. The van der Waals surface area contributed by atoms with E-state index in [1.165, 1.54) is 66.6 Å². The van der Waals surface area contributed by atoms with E-state index in [1.54, 1.807) is 0 Å². The van der Waals surface area contributed by atoms with Crippen LogP contribution >= 0.6 is 0 Å². The second-order valence-electron chi connectivity index (χ2n) is 9.97. The first-order chi connectivity index (χ1) is 15.3. The maximum atomic E-state index is 2.53. The molecule has 2 nitrogen and oxygen atoms in total. The van der Waals surface area contributed by atoms with Gasteiger partial charge < -0.3 is 0 Å². The number of rotatable bonds is 1. The van der Waals surface area contributed by atoms with E-state index in [9.17, 15) is 0 Å². The highest BCUT2D eigenvalue weighted by Crippen LogP contribution is 2.50. The van der Waals surface area contributed by atoms with E-state index in [-0.39, 0.29) is 5.41 Å². The Morgan fingerprint density at radius 1 is 0.812 bits per heavy atom. The molecule has 32 heavy (non-hydrogen) atoms. The smallest absolute Gasteiger partial charge is 0.236 e. The zero-order valence-corrected chi connectivity index (χ0v) is 19.7. The molecule has 0 atom stereocenters. The Morgan fingerprint density at radius 2 is 1.59 bits per heavy atom. The molecular formula is C30H29N2+. The van der Waals surface area contributed by atoms with Gasteiger partial charge in [-0.2, -0.15) is 4.57 Å². The van der Waals surface area contributed by atoms with Gasteiger partial charge in [0.05, 0.1) is 18.8 Å². The molecule has 3 aromatic carbocycles. The summed E-state index contributed by atoms with van der Waals surface area (Å²) in [6, 6.07) is 22.6. The van der Waals surface area contributed by atoms with Gasteiger partial charge in [-0.25, -0.2) is 4.57 Å². The van der Waals surface area contributed by atoms with Crippen LogP contribution in [-0.4, -0.2) is 4.57 Å². The molecule has 5 aromatic rings. The second kappa shape index (κ2) is 6.32. The maximum Gasteiger partial charge on any atom is 0.291 e. The van der Waals surface area contributed by atoms with E-state index in [1.807, 2.05) is 0 Å². The summed E-state index contributed by atoms with van der Waals surface area (Å²) in [5.74, 6) is 1.27. The SMILES string of the molecule is Cc1ccc2c(c1)c1ccc(C)c(C)c1n2-c1c2c(cc[n+]1C)-c1ccccc1C2(C)C. The molecule has 0 aliphatic heterocycles. The highest BCUT2D eigenvalue weighted by Gasteiger charge is 2.42. The van der Waals surface area contributed by atoms with E-state index in [0.717, 1.165) is 0 Å². The lowest BCUT2D eigenvalue weighted by Crippen LogP contribution is -2.37. The second-order valence-corrected chi connectivity index (χ2v) is 9.97. The van der Waals surface area contributed by atoms with Gasteiger partial charge in [-0.3, -0.25) is 0 Å². The topological polar surface area (TPSA) is 8.81 Å². The van der Waals surface area contributed by atoms with Gasteiger partial charge in [0.15, 0.2) is 0 Å². The fourth-order valence-electron chi connectivity index (χ4n) is 5.85. The number of aromatic nitrogens is 2. The Kier molecular flexibility index (Phi) is 3.81.